The molecule has 1 aliphatic heterocycles. The van der Waals surface area contributed by atoms with Crippen molar-refractivity contribution in [3.63, 3.8) is 0 Å². The molecule has 3 aromatic heterocycles. The largest absolute Gasteiger partial charge is 0.355 e. The molecular formula is C31H32ClFN6O2. The Labute approximate surface area is 243 Å². The van der Waals surface area contributed by atoms with Crippen LogP contribution in [0.5, 0.6) is 0 Å². The van der Waals surface area contributed by atoms with Crippen molar-refractivity contribution in [3.8, 4) is 16.9 Å². The van der Waals surface area contributed by atoms with Crippen molar-refractivity contribution in [1.29, 1.82) is 0 Å². The third-order valence-corrected chi connectivity index (χ3v) is 7.83. The maximum atomic E-state index is 14.2. The van der Waals surface area contributed by atoms with Crippen molar-refractivity contribution in [3.05, 3.63) is 87.8 Å². The number of benzene rings is 1. The van der Waals surface area contributed by atoms with Crippen molar-refractivity contribution in [2.24, 2.45) is 0 Å². The molecule has 1 saturated heterocycles. The van der Waals surface area contributed by atoms with E-state index in [1.807, 2.05) is 45.6 Å². The van der Waals surface area contributed by atoms with Crippen LogP contribution in [0.1, 0.15) is 44.9 Å². The molecule has 0 bridgehead atoms. The summed E-state index contributed by atoms with van der Waals surface area (Å²) in [5.74, 6) is -0.125. The van der Waals surface area contributed by atoms with Gasteiger partial charge in [0.15, 0.2) is 5.65 Å². The van der Waals surface area contributed by atoms with Crippen LogP contribution in [0.25, 0.3) is 28.0 Å². The summed E-state index contributed by atoms with van der Waals surface area (Å²) in [6.45, 7) is 14.4. The monoisotopic (exact) mass is 574 g/mol. The normalized spacial score (nSPS) is 17.4. The van der Waals surface area contributed by atoms with Gasteiger partial charge in [-0.3, -0.25) is 9.78 Å². The molecule has 1 fully saturated rings. The van der Waals surface area contributed by atoms with Gasteiger partial charge in [0.1, 0.15) is 11.6 Å². The Hall–Kier alpha value is -4.11. The van der Waals surface area contributed by atoms with E-state index in [0.29, 0.717) is 51.9 Å². The van der Waals surface area contributed by atoms with Crippen LogP contribution in [-0.4, -0.2) is 55.5 Å². The lowest BCUT2D eigenvalue weighted by Crippen LogP contribution is -2.58. The zero-order valence-corrected chi connectivity index (χ0v) is 24.5. The molecule has 0 spiro atoms. The van der Waals surface area contributed by atoms with Gasteiger partial charge in [-0.15, -0.1) is 0 Å². The SMILES string of the molecule is C=CC(=O)N1C[C@H](C)N(c2nc(=O)n(-c3c(C)ccnc3C(C)C)c3nc(-c4cccc(F)c4)c(Cl)cc23)C[C@H]1C. The molecule has 4 heterocycles. The molecule has 1 aliphatic rings. The highest BCUT2D eigenvalue weighted by Crippen LogP contribution is 2.36. The lowest BCUT2D eigenvalue weighted by atomic mass is 10.0. The molecule has 212 valence electrons. The van der Waals surface area contributed by atoms with Crippen LogP contribution >= 0.6 is 11.6 Å². The maximum Gasteiger partial charge on any atom is 0.355 e. The fourth-order valence-electron chi connectivity index (χ4n) is 5.50. The molecule has 0 radical (unpaired) electrons. The van der Waals surface area contributed by atoms with Gasteiger partial charge >= 0.3 is 5.69 Å². The smallest absolute Gasteiger partial charge is 0.349 e. The molecule has 0 aliphatic carbocycles. The highest BCUT2D eigenvalue weighted by atomic mass is 35.5. The third-order valence-electron chi connectivity index (χ3n) is 7.54. The molecule has 1 amide bonds. The van der Waals surface area contributed by atoms with Gasteiger partial charge in [0, 0.05) is 36.9 Å². The van der Waals surface area contributed by atoms with Gasteiger partial charge in [0.2, 0.25) is 5.91 Å². The predicted molar refractivity (Wildman–Crippen MR) is 160 cm³/mol. The molecule has 2 atom stereocenters. The van der Waals surface area contributed by atoms with Crippen molar-refractivity contribution < 1.29 is 9.18 Å². The highest BCUT2D eigenvalue weighted by Gasteiger charge is 2.34. The Balaban J connectivity index is 1.82. The molecule has 10 heteroatoms. The summed E-state index contributed by atoms with van der Waals surface area (Å²) < 4.78 is 15.7. The Morgan fingerprint density at radius 3 is 2.59 bits per heavy atom. The number of hydrogen-bond acceptors (Lipinski definition) is 6. The fraction of sp³-hybridized carbons (Fsp3) is 0.323. The van der Waals surface area contributed by atoms with Crippen molar-refractivity contribution in [1.82, 2.24) is 24.4 Å². The minimum Gasteiger partial charge on any atom is -0.349 e. The molecule has 0 unspecified atom stereocenters. The number of aryl methyl sites for hydroxylation is 1. The van der Waals surface area contributed by atoms with E-state index >= 15 is 0 Å². The molecule has 41 heavy (non-hydrogen) atoms. The lowest BCUT2D eigenvalue weighted by molar-refractivity contribution is -0.128. The molecule has 0 N–H and O–H groups in total. The van der Waals surface area contributed by atoms with E-state index in [1.165, 1.54) is 22.8 Å². The first-order valence-electron chi connectivity index (χ1n) is 13.6. The number of pyridine rings is 2. The number of amides is 1. The van der Waals surface area contributed by atoms with E-state index in [-0.39, 0.29) is 23.9 Å². The Kier molecular flexibility index (Phi) is 7.66. The van der Waals surface area contributed by atoms with Crippen LogP contribution in [0, 0.1) is 12.7 Å². The van der Waals surface area contributed by atoms with E-state index in [9.17, 15) is 14.0 Å². The number of hydrogen-bond donors (Lipinski definition) is 0. The van der Waals surface area contributed by atoms with Crippen LogP contribution in [-0.2, 0) is 4.79 Å². The van der Waals surface area contributed by atoms with Crippen LogP contribution in [0.2, 0.25) is 5.02 Å². The molecule has 5 rings (SSSR count). The van der Waals surface area contributed by atoms with Crippen molar-refractivity contribution in [2.45, 2.75) is 52.6 Å². The summed E-state index contributed by atoms with van der Waals surface area (Å²) in [4.78, 5) is 44.3. The van der Waals surface area contributed by atoms with Gasteiger partial charge < -0.3 is 9.80 Å². The summed E-state index contributed by atoms with van der Waals surface area (Å²) >= 11 is 6.81. The van der Waals surface area contributed by atoms with Gasteiger partial charge in [-0.1, -0.05) is 44.2 Å². The fourth-order valence-corrected chi connectivity index (χ4v) is 5.76. The predicted octanol–water partition coefficient (Wildman–Crippen LogP) is 5.68. The average molecular weight is 575 g/mol. The summed E-state index contributed by atoms with van der Waals surface area (Å²) in [5, 5.41) is 0.861. The minimum atomic E-state index is -0.519. The van der Waals surface area contributed by atoms with E-state index in [4.69, 9.17) is 16.6 Å². The van der Waals surface area contributed by atoms with Crippen LogP contribution in [0.4, 0.5) is 10.2 Å². The van der Waals surface area contributed by atoms with Gasteiger partial charge in [0.05, 0.1) is 27.5 Å². The number of halogens is 2. The number of carbonyl (C=O) groups is 1. The number of piperazine rings is 1. The van der Waals surface area contributed by atoms with E-state index in [2.05, 4.69) is 16.5 Å². The Bertz CT molecular complexity index is 1740. The second-order valence-electron chi connectivity index (χ2n) is 10.8. The van der Waals surface area contributed by atoms with Crippen molar-refractivity contribution in [2.75, 3.05) is 18.0 Å². The summed E-state index contributed by atoms with van der Waals surface area (Å²) in [5.41, 5.74) is 2.83. The zero-order chi connectivity index (χ0) is 29.6. The molecule has 8 nitrogen and oxygen atoms in total. The van der Waals surface area contributed by atoms with E-state index < -0.39 is 11.5 Å². The first kappa shape index (κ1) is 28.4. The lowest BCUT2D eigenvalue weighted by Gasteiger charge is -2.44. The molecule has 1 aromatic carbocycles. The Morgan fingerprint density at radius 2 is 1.90 bits per heavy atom. The van der Waals surface area contributed by atoms with Crippen molar-refractivity contribution >= 4 is 34.4 Å². The van der Waals surface area contributed by atoms with Crippen LogP contribution in [0.3, 0.4) is 0 Å². The highest BCUT2D eigenvalue weighted by molar-refractivity contribution is 6.33. The molecule has 4 aromatic rings. The van der Waals surface area contributed by atoms with E-state index in [1.54, 1.807) is 29.3 Å². The first-order chi connectivity index (χ1) is 19.5. The number of fused-ring (bicyclic) bond motifs is 1. The summed E-state index contributed by atoms with van der Waals surface area (Å²) in [6.07, 6.45) is 3.03. The minimum absolute atomic E-state index is 0.0119. The summed E-state index contributed by atoms with van der Waals surface area (Å²) in [7, 11) is 0. The summed E-state index contributed by atoms with van der Waals surface area (Å²) in [6, 6.07) is 9.30. The number of rotatable bonds is 5. The third kappa shape index (κ3) is 5.10. The molecule has 0 saturated carbocycles. The quantitative estimate of drug-likeness (QED) is 0.285. The van der Waals surface area contributed by atoms with Crippen LogP contribution < -0.4 is 10.6 Å². The van der Waals surface area contributed by atoms with Gasteiger partial charge in [-0.05, 0) is 62.6 Å². The number of carbonyl (C=O) groups excluding carboxylic acids is 1. The van der Waals surface area contributed by atoms with E-state index in [0.717, 1.165) is 11.3 Å². The first-order valence-corrected chi connectivity index (χ1v) is 13.9. The average Bonchev–Trinajstić information content (AvgIpc) is 2.93. The standard InChI is InChI=1S/C31H32ClFN6O2/c1-7-25(40)37-15-20(6)38(16-19(37)5)29-23-14-24(32)27(21-9-8-10-22(33)13-21)35-30(23)39(31(41)36-29)28-18(4)11-12-34-26(28)17(2)3/h7-14,17,19-20H,1,15-16H2,2-6H3/t19-,20+/m1/s1. The zero-order valence-electron chi connectivity index (χ0n) is 23.7. The second-order valence-corrected chi connectivity index (χ2v) is 11.2. The molecular weight excluding hydrogens is 543 g/mol. The second kappa shape index (κ2) is 11.0. The number of nitrogens with zero attached hydrogens (tertiary/aromatic N) is 6. The van der Waals surface area contributed by atoms with Gasteiger partial charge in [-0.2, -0.15) is 4.98 Å². The number of aromatic nitrogens is 4. The van der Waals surface area contributed by atoms with Gasteiger partial charge in [-0.25, -0.2) is 18.7 Å². The Morgan fingerprint density at radius 1 is 1.15 bits per heavy atom. The van der Waals surface area contributed by atoms with Crippen LogP contribution in [0.15, 0.2) is 60.0 Å². The van der Waals surface area contributed by atoms with Gasteiger partial charge in [0.25, 0.3) is 0 Å². The maximum absolute atomic E-state index is 14.2. The topological polar surface area (TPSA) is 84.2 Å². The number of anilines is 1.